The first-order chi connectivity index (χ1) is 17.0. The molecule has 7 heteroatoms. The standard InChI is InChI=1S/C13H15ClO4.2C8H11N/c1-8(11(13(17)18)7-12(15)16)6-9-2-4-10(14)5-3-9;2*1-7(9)8-5-3-2-4-6-8/h2-5,8,11H,6-7H2,1H3,(H,15,16)(H,17,18);2*2-7H,9H2,1H3/t;2*7-/m.00/s1. The minimum atomic E-state index is -1.38. The summed E-state index contributed by atoms with van der Waals surface area (Å²) in [5.41, 5.74) is 11.3. The molecule has 0 heterocycles. The third-order valence-electron chi connectivity index (χ3n) is 5.58. The van der Waals surface area contributed by atoms with Crippen molar-refractivity contribution in [2.75, 3.05) is 0 Å². The van der Waals surface area contributed by atoms with Crippen LogP contribution in [-0.4, -0.2) is 11.9 Å². The number of hydrogen-bond donors (Lipinski definition) is 2. The minimum absolute atomic E-state index is 0.353. The number of carboxylic acid groups (broad SMARTS) is 2. The molecule has 3 rings (SSSR count). The summed E-state index contributed by atoms with van der Waals surface area (Å²) in [5.74, 6) is -4.15. The number of halogens is 1. The van der Waals surface area contributed by atoms with Gasteiger partial charge in [-0.25, -0.2) is 0 Å². The molecule has 0 aliphatic carbocycles. The number of quaternary nitrogens is 2. The zero-order chi connectivity index (χ0) is 27.1. The molecule has 6 nitrogen and oxygen atoms in total. The van der Waals surface area contributed by atoms with E-state index in [-0.39, 0.29) is 5.92 Å². The van der Waals surface area contributed by atoms with Crippen molar-refractivity contribution >= 4 is 23.5 Å². The predicted octanol–water partition coefficient (Wildman–Crippen LogP) is 2.00. The maximum atomic E-state index is 10.9. The van der Waals surface area contributed by atoms with E-state index >= 15 is 0 Å². The van der Waals surface area contributed by atoms with Crippen molar-refractivity contribution in [1.82, 2.24) is 0 Å². The summed E-state index contributed by atoms with van der Waals surface area (Å²) >= 11 is 5.74. The maximum absolute atomic E-state index is 10.9. The van der Waals surface area contributed by atoms with Crippen molar-refractivity contribution in [3.8, 4) is 0 Å². The predicted molar refractivity (Wildman–Crippen MR) is 138 cm³/mol. The van der Waals surface area contributed by atoms with Crippen molar-refractivity contribution in [3.63, 3.8) is 0 Å². The molecule has 0 radical (unpaired) electrons. The molecule has 36 heavy (non-hydrogen) atoms. The highest BCUT2D eigenvalue weighted by molar-refractivity contribution is 6.30. The SMILES string of the molecule is CC(Cc1ccc(Cl)cc1)C(CC(=O)[O-])C(=O)[O-].C[C@H]([NH3+])c1ccccc1.C[C@H]([NH3+])c1ccccc1. The van der Waals surface area contributed by atoms with Crippen molar-refractivity contribution in [1.29, 1.82) is 0 Å². The Hall–Kier alpha value is -3.19. The molecule has 0 aromatic heterocycles. The molecule has 0 aliphatic rings. The van der Waals surface area contributed by atoms with E-state index in [0.29, 0.717) is 23.5 Å². The van der Waals surface area contributed by atoms with Gasteiger partial charge in [0.05, 0.1) is 0 Å². The molecule has 0 saturated carbocycles. The van der Waals surface area contributed by atoms with Gasteiger partial charge >= 0.3 is 0 Å². The number of carbonyl (C=O) groups excluding carboxylic acids is 2. The minimum Gasteiger partial charge on any atom is -0.550 e. The lowest BCUT2D eigenvalue weighted by Gasteiger charge is -2.25. The number of rotatable bonds is 8. The van der Waals surface area contributed by atoms with Crippen LogP contribution in [0.3, 0.4) is 0 Å². The Morgan fingerprint density at radius 1 is 0.750 bits per heavy atom. The van der Waals surface area contributed by atoms with Crippen LogP contribution in [-0.2, 0) is 16.0 Å². The molecule has 0 fully saturated rings. The van der Waals surface area contributed by atoms with Gasteiger partial charge in [0, 0.05) is 34.0 Å². The van der Waals surface area contributed by atoms with Gasteiger partial charge in [0.2, 0.25) is 0 Å². The molecule has 194 valence electrons. The molecular weight excluding hydrogens is 476 g/mol. The van der Waals surface area contributed by atoms with E-state index in [1.165, 1.54) is 11.1 Å². The third-order valence-corrected chi connectivity index (χ3v) is 5.84. The fourth-order valence-corrected chi connectivity index (χ4v) is 3.52. The zero-order valence-electron chi connectivity index (χ0n) is 21.2. The number of carboxylic acids is 2. The summed E-state index contributed by atoms with van der Waals surface area (Å²) in [6, 6.07) is 28.4. The third kappa shape index (κ3) is 12.5. The van der Waals surface area contributed by atoms with Gasteiger partial charge in [-0.2, -0.15) is 0 Å². The van der Waals surface area contributed by atoms with E-state index in [2.05, 4.69) is 49.6 Å². The fraction of sp³-hybridized carbons (Fsp3) is 0.310. The van der Waals surface area contributed by atoms with Crippen LogP contribution in [0.5, 0.6) is 0 Å². The lowest BCUT2D eigenvalue weighted by Crippen LogP contribution is -2.51. The van der Waals surface area contributed by atoms with Crippen LogP contribution in [0, 0.1) is 11.8 Å². The van der Waals surface area contributed by atoms with Gasteiger partial charge in [-0.1, -0.05) is 91.3 Å². The van der Waals surface area contributed by atoms with E-state index in [9.17, 15) is 19.8 Å². The first-order valence-electron chi connectivity index (χ1n) is 11.9. The van der Waals surface area contributed by atoms with E-state index in [1.807, 2.05) is 36.4 Å². The summed E-state index contributed by atoms with van der Waals surface area (Å²) in [7, 11) is 0. The molecule has 0 aliphatic heterocycles. The fourth-order valence-electron chi connectivity index (χ4n) is 3.39. The smallest absolute Gasteiger partial charge is 0.107 e. The van der Waals surface area contributed by atoms with Gasteiger partial charge in [-0.3, -0.25) is 0 Å². The van der Waals surface area contributed by atoms with Crippen LogP contribution in [0.1, 0.15) is 56.0 Å². The molecule has 0 saturated heterocycles. The Bertz CT molecular complexity index is 983. The van der Waals surface area contributed by atoms with Crippen LogP contribution >= 0.6 is 11.6 Å². The monoisotopic (exact) mass is 512 g/mol. The highest BCUT2D eigenvalue weighted by Crippen LogP contribution is 2.21. The first-order valence-corrected chi connectivity index (χ1v) is 12.3. The summed E-state index contributed by atoms with van der Waals surface area (Å²) in [5, 5.41) is 22.0. The molecule has 0 amide bonds. The Balaban J connectivity index is 0.000000300. The van der Waals surface area contributed by atoms with Gasteiger partial charge in [0.25, 0.3) is 0 Å². The van der Waals surface area contributed by atoms with Crippen LogP contribution < -0.4 is 21.7 Å². The van der Waals surface area contributed by atoms with Gasteiger partial charge < -0.3 is 31.3 Å². The molecule has 3 aromatic rings. The van der Waals surface area contributed by atoms with Crippen molar-refractivity contribution < 1.29 is 31.3 Å². The van der Waals surface area contributed by atoms with Crippen LogP contribution in [0.25, 0.3) is 0 Å². The lowest BCUT2D eigenvalue weighted by molar-refractivity contribution is -0.420. The molecule has 2 unspecified atom stereocenters. The molecule has 0 spiro atoms. The Morgan fingerprint density at radius 2 is 1.17 bits per heavy atom. The Labute approximate surface area is 218 Å². The average molecular weight is 513 g/mol. The van der Waals surface area contributed by atoms with E-state index in [4.69, 9.17) is 11.6 Å². The average Bonchev–Trinajstić information content (AvgIpc) is 2.85. The van der Waals surface area contributed by atoms with Gasteiger partial charge in [-0.05, 0) is 50.3 Å². The highest BCUT2D eigenvalue weighted by atomic mass is 35.5. The maximum Gasteiger partial charge on any atom is 0.107 e. The molecule has 6 N–H and O–H groups in total. The van der Waals surface area contributed by atoms with Gasteiger partial charge in [0.1, 0.15) is 12.1 Å². The molecule has 4 atom stereocenters. The number of carbonyl (C=O) groups is 2. The normalized spacial score (nSPS) is 13.5. The van der Waals surface area contributed by atoms with Gasteiger partial charge in [0.15, 0.2) is 0 Å². The first kappa shape index (κ1) is 30.8. The second kappa shape index (κ2) is 16.5. The van der Waals surface area contributed by atoms with E-state index < -0.39 is 24.3 Å². The van der Waals surface area contributed by atoms with E-state index in [0.717, 1.165) is 5.56 Å². The van der Waals surface area contributed by atoms with Crippen LogP contribution in [0.2, 0.25) is 5.02 Å². The van der Waals surface area contributed by atoms with E-state index in [1.54, 1.807) is 31.2 Å². The number of benzene rings is 3. The summed E-state index contributed by atoms with van der Waals surface area (Å²) in [4.78, 5) is 21.4. The quantitative estimate of drug-likeness (QED) is 0.477. The Morgan fingerprint density at radius 3 is 1.47 bits per heavy atom. The van der Waals surface area contributed by atoms with Crippen LogP contribution in [0.15, 0.2) is 84.9 Å². The number of hydrogen-bond acceptors (Lipinski definition) is 4. The molecular formula is C29H37ClN2O4. The molecule has 3 aromatic carbocycles. The Kier molecular flexibility index (Phi) is 14.1. The second-order valence-electron chi connectivity index (χ2n) is 8.93. The van der Waals surface area contributed by atoms with Gasteiger partial charge in [-0.15, -0.1) is 0 Å². The van der Waals surface area contributed by atoms with Crippen molar-refractivity contribution in [2.24, 2.45) is 11.8 Å². The molecule has 0 bridgehead atoms. The zero-order valence-corrected chi connectivity index (χ0v) is 22.0. The lowest BCUT2D eigenvalue weighted by atomic mass is 9.86. The summed E-state index contributed by atoms with van der Waals surface area (Å²) in [6.07, 6.45) is -0.0831. The number of aliphatic carboxylic acids is 2. The largest absolute Gasteiger partial charge is 0.550 e. The highest BCUT2D eigenvalue weighted by Gasteiger charge is 2.19. The summed E-state index contributed by atoms with van der Waals surface area (Å²) < 4.78 is 0. The second-order valence-corrected chi connectivity index (χ2v) is 9.37. The van der Waals surface area contributed by atoms with Crippen molar-refractivity contribution in [3.05, 3.63) is 107 Å². The summed E-state index contributed by atoms with van der Waals surface area (Å²) in [6.45, 7) is 5.86. The topological polar surface area (TPSA) is 136 Å². The van der Waals surface area contributed by atoms with Crippen LogP contribution in [0.4, 0.5) is 0 Å². The van der Waals surface area contributed by atoms with Crippen molar-refractivity contribution in [2.45, 2.75) is 45.7 Å².